The van der Waals surface area contributed by atoms with Gasteiger partial charge in [-0.3, -0.25) is 24.0 Å². The fourth-order valence-corrected chi connectivity index (χ4v) is 4.00. The fraction of sp³-hybridized carbons (Fsp3) is 0.393. The first kappa shape index (κ1) is 30.1. The smallest absolute Gasteiger partial charge is 0.305 e. The lowest BCUT2D eigenvalue weighted by Crippen LogP contribution is -2.67. The number of rotatable bonds is 10. The molecule has 40 heavy (non-hydrogen) atoms. The molecule has 1 N–H and O–H groups in total. The molecule has 214 valence electrons. The summed E-state index contributed by atoms with van der Waals surface area (Å²) >= 11 is 0. The summed E-state index contributed by atoms with van der Waals surface area (Å²) < 4.78 is 32.6. The van der Waals surface area contributed by atoms with Crippen LogP contribution in [-0.2, 0) is 49.5 Å². The standard InChI is InChI=1S/C28H31NO11/c1-16(30)35-15-23-25(37-17(2)31)26(38-18(3)32)24(28(40-23)39-19(4)33)29-27(34)21-10-12-22(13-11-21)36-14-20-8-6-5-7-9-20/h5-13,23-26,28H,14-15H2,1-4H3,(H,29,34). The van der Waals surface area contributed by atoms with Crippen LogP contribution in [0.3, 0.4) is 0 Å². The van der Waals surface area contributed by atoms with E-state index < -0.39 is 67.0 Å². The van der Waals surface area contributed by atoms with Crippen molar-refractivity contribution in [1.82, 2.24) is 5.32 Å². The number of amides is 1. The van der Waals surface area contributed by atoms with Gasteiger partial charge in [0.05, 0.1) is 0 Å². The maximum Gasteiger partial charge on any atom is 0.305 e. The zero-order valence-electron chi connectivity index (χ0n) is 22.5. The third-order valence-electron chi connectivity index (χ3n) is 5.65. The van der Waals surface area contributed by atoms with Crippen LogP contribution in [0, 0.1) is 0 Å². The molecule has 12 heteroatoms. The highest BCUT2D eigenvalue weighted by atomic mass is 16.7. The second-order valence-electron chi connectivity index (χ2n) is 8.90. The fourth-order valence-electron chi connectivity index (χ4n) is 4.00. The summed E-state index contributed by atoms with van der Waals surface area (Å²) in [5.74, 6) is -3.03. The van der Waals surface area contributed by atoms with Crippen LogP contribution in [0.4, 0.5) is 0 Å². The monoisotopic (exact) mass is 557 g/mol. The van der Waals surface area contributed by atoms with Gasteiger partial charge in [0, 0.05) is 33.3 Å². The van der Waals surface area contributed by atoms with E-state index in [1.54, 1.807) is 12.1 Å². The molecule has 2 aromatic carbocycles. The van der Waals surface area contributed by atoms with Crippen LogP contribution in [0.25, 0.3) is 0 Å². The number of hydrogen-bond donors (Lipinski definition) is 1. The predicted molar refractivity (Wildman–Crippen MR) is 137 cm³/mol. The molecule has 1 amide bonds. The van der Waals surface area contributed by atoms with Crippen LogP contribution in [0.15, 0.2) is 54.6 Å². The first-order chi connectivity index (χ1) is 19.0. The molecule has 12 nitrogen and oxygen atoms in total. The topological polar surface area (TPSA) is 153 Å². The number of carbonyl (C=O) groups excluding carboxylic acids is 5. The van der Waals surface area contributed by atoms with Crippen molar-refractivity contribution < 1.29 is 52.4 Å². The number of benzene rings is 2. The van der Waals surface area contributed by atoms with E-state index >= 15 is 0 Å². The van der Waals surface area contributed by atoms with Crippen molar-refractivity contribution in [2.75, 3.05) is 6.61 Å². The van der Waals surface area contributed by atoms with Crippen molar-refractivity contribution >= 4 is 29.8 Å². The largest absolute Gasteiger partial charge is 0.489 e. The lowest BCUT2D eigenvalue weighted by molar-refractivity contribution is -0.270. The van der Waals surface area contributed by atoms with Crippen molar-refractivity contribution in [1.29, 1.82) is 0 Å². The maximum absolute atomic E-state index is 13.2. The SMILES string of the molecule is CC(=O)OCC1OC(OC(C)=O)C(NC(=O)c2ccc(OCc3ccccc3)cc2)C(OC(C)=O)C1OC(C)=O. The van der Waals surface area contributed by atoms with Gasteiger partial charge in [-0.2, -0.15) is 0 Å². The summed E-state index contributed by atoms with van der Waals surface area (Å²) in [5.41, 5.74) is 1.19. The van der Waals surface area contributed by atoms with Gasteiger partial charge in [-0.15, -0.1) is 0 Å². The Kier molecular flexibility index (Phi) is 10.6. The average molecular weight is 558 g/mol. The summed E-state index contributed by atoms with van der Waals surface area (Å²) in [6.45, 7) is 4.46. The molecule has 0 spiro atoms. The molecule has 0 aliphatic carbocycles. The van der Waals surface area contributed by atoms with E-state index in [2.05, 4.69) is 5.32 Å². The Balaban J connectivity index is 1.83. The Bertz CT molecular complexity index is 1200. The number of ether oxygens (including phenoxy) is 6. The molecule has 1 aliphatic rings. The zero-order valence-corrected chi connectivity index (χ0v) is 22.5. The van der Waals surface area contributed by atoms with Gasteiger partial charge in [-0.1, -0.05) is 30.3 Å². The minimum absolute atomic E-state index is 0.210. The van der Waals surface area contributed by atoms with Crippen LogP contribution in [-0.4, -0.2) is 67.0 Å². The molecule has 1 fully saturated rings. The number of nitrogens with one attached hydrogen (secondary N) is 1. The Morgan fingerprint density at radius 2 is 1.35 bits per heavy atom. The molecule has 1 aliphatic heterocycles. The highest BCUT2D eigenvalue weighted by molar-refractivity contribution is 5.94. The summed E-state index contributed by atoms with van der Waals surface area (Å²) in [4.78, 5) is 60.4. The highest BCUT2D eigenvalue weighted by Gasteiger charge is 2.52. The molecule has 0 aromatic heterocycles. The summed E-state index contributed by atoms with van der Waals surface area (Å²) in [5, 5.41) is 2.65. The van der Waals surface area contributed by atoms with E-state index in [9.17, 15) is 24.0 Å². The van der Waals surface area contributed by atoms with E-state index in [-0.39, 0.29) is 5.56 Å². The van der Waals surface area contributed by atoms with Gasteiger partial charge < -0.3 is 33.7 Å². The van der Waals surface area contributed by atoms with E-state index in [1.165, 1.54) is 12.1 Å². The molecule has 2 aromatic rings. The van der Waals surface area contributed by atoms with Crippen molar-refractivity contribution in [3.8, 4) is 5.75 Å². The molecular formula is C28H31NO11. The molecule has 1 heterocycles. The van der Waals surface area contributed by atoms with Gasteiger partial charge in [-0.25, -0.2) is 0 Å². The van der Waals surface area contributed by atoms with Crippen molar-refractivity contribution in [3.05, 3.63) is 65.7 Å². The van der Waals surface area contributed by atoms with Gasteiger partial charge in [0.2, 0.25) is 6.29 Å². The molecule has 0 radical (unpaired) electrons. The van der Waals surface area contributed by atoms with Crippen molar-refractivity contribution in [3.63, 3.8) is 0 Å². The number of carbonyl (C=O) groups is 5. The Morgan fingerprint density at radius 3 is 1.93 bits per heavy atom. The lowest BCUT2D eigenvalue weighted by atomic mass is 9.95. The van der Waals surface area contributed by atoms with E-state index in [0.29, 0.717) is 12.4 Å². The van der Waals surface area contributed by atoms with Crippen molar-refractivity contribution in [2.24, 2.45) is 0 Å². The van der Waals surface area contributed by atoms with E-state index in [0.717, 1.165) is 33.3 Å². The Labute approximate surface area is 230 Å². The van der Waals surface area contributed by atoms with Crippen LogP contribution >= 0.6 is 0 Å². The quantitative estimate of drug-likeness (QED) is 0.337. The van der Waals surface area contributed by atoms with Crippen LogP contribution in [0.1, 0.15) is 43.6 Å². The molecule has 5 atom stereocenters. The minimum atomic E-state index is -1.48. The third-order valence-corrected chi connectivity index (χ3v) is 5.65. The molecule has 0 saturated carbocycles. The summed E-state index contributed by atoms with van der Waals surface area (Å²) in [6, 6.07) is 14.5. The minimum Gasteiger partial charge on any atom is -0.489 e. The lowest BCUT2D eigenvalue weighted by Gasteiger charge is -2.44. The molecule has 1 saturated heterocycles. The van der Waals surface area contributed by atoms with Gasteiger partial charge in [0.15, 0.2) is 12.2 Å². The highest BCUT2D eigenvalue weighted by Crippen LogP contribution is 2.28. The maximum atomic E-state index is 13.2. The van der Waals surface area contributed by atoms with E-state index in [1.807, 2.05) is 30.3 Å². The first-order valence-corrected chi connectivity index (χ1v) is 12.4. The van der Waals surface area contributed by atoms with Gasteiger partial charge in [-0.05, 0) is 29.8 Å². The Morgan fingerprint density at radius 1 is 0.750 bits per heavy atom. The summed E-state index contributed by atoms with van der Waals surface area (Å²) in [6.07, 6.45) is -5.34. The summed E-state index contributed by atoms with van der Waals surface area (Å²) in [7, 11) is 0. The van der Waals surface area contributed by atoms with E-state index in [4.69, 9.17) is 28.4 Å². The van der Waals surface area contributed by atoms with Gasteiger partial charge in [0.1, 0.15) is 31.1 Å². The normalized spacial score (nSPS) is 21.9. The van der Waals surface area contributed by atoms with Crippen LogP contribution in [0.2, 0.25) is 0 Å². The predicted octanol–water partition coefficient (Wildman–Crippen LogP) is 2.08. The van der Waals surface area contributed by atoms with Crippen LogP contribution in [0.5, 0.6) is 5.75 Å². The molecular weight excluding hydrogens is 526 g/mol. The molecule has 3 rings (SSSR count). The Hall–Kier alpha value is -4.45. The average Bonchev–Trinajstić information content (AvgIpc) is 2.89. The third kappa shape index (κ3) is 8.80. The number of hydrogen-bond acceptors (Lipinski definition) is 11. The van der Waals surface area contributed by atoms with Gasteiger partial charge >= 0.3 is 23.9 Å². The zero-order chi connectivity index (χ0) is 29.2. The van der Waals surface area contributed by atoms with Crippen LogP contribution < -0.4 is 10.1 Å². The molecule has 5 unspecified atom stereocenters. The van der Waals surface area contributed by atoms with Gasteiger partial charge in [0.25, 0.3) is 5.91 Å². The van der Waals surface area contributed by atoms with Crippen molar-refractivity contribution in [2.45, 2.75) is 64.9 Å². The molecule has 0 bridgehead atoms. The number of esters is 4. The first-order valence-electron chi connectivity index (χ1n) is 12.4. The second-order valence-corrected chi connectivity index (χ2v) is 8.90. The second kappa shape index (κ2) is 14.1.